The molecule has 8 nitrogen and oxygen atoms in total. The van der Waals surface area contributed by atoms with Crippen molar-refractivity contribution in [2.45, 2.75) is 81.5 Å². The average molecular weight is 749 g/mol. The first-order valence-corrected chi connectivity index (χ1v) is 19.6. The Morgan fingerprint density at radius 2 is 1.13 bits per heavy atom. The second-order valence-corrected chi connectivity index (χ2v) is 15.5. The van der Waals surface area contributed by atoms with Crippen LogP contribution in [-0.2, 0) is 0 Å². The molecule has 4 fully saturated rings. The quantitative estimate of drug-likeness (QED) is 0.130. The summed E-state index contributed by atoms with van der Waals surface area (Å²) in [5.41, 5.74) is 8.04. The molecule has 4 atom stereocenters. The number of anilines is 2. The first-order valence-electron chi connectivity index (χ1n) is 19.6. The minimum atomic E-state index is -0.502. The zero-order valence-electron chi connectivity index (χ0n) is 30.3. The summed E-state index contributed by atoms with van der Waals surface area (Å²) >= 11 is 0. The van der Waals surface area contributed by atoms with Crippen LogP contribution < -0.4 is 20.4 Å². The van der Waals surface area contributed by atoms with Crippen LogP contribution in [0, 0.1) is 11.6 Å². The highest BCUT2D eigenvalue weighted by molar-refractivity contribution is 5.85. The highest BCUT2D eigenvalue weighted by Crippen LogP contribution is 2.49. The third-order valence-corrected chi connectivity index (χ3v) is 12.4. The molecular formula is C43H47ClF2N8. The molecular weight excluding hydrogens is 702 g/mol. The third-order valence-electron chi connectivity index (χ3n) is 12.4. The number of aromatic amines is 2. The number of nitrogens with one attached hydrogen (secondary N) is 4. The lowest BCUT2D eigenvalue weighted by atomic mass is 9.89. The van der Waals surface area contributed by atoms with Gasteiger partial charge in [0.15, 0.2) is 11.6 Å². The van der Waals surface area contributed by atoms with E-state index in [9.17, 15) is 0 Å². The highest BCUT2D eigenvalue weighted by Gasteiger charge is 2.38. The van der Waals surface area contributed by atoms with Gasteiger partial charge in [-0.25, -0.2) is 18.7 Å². The molecule has 4 aliphatic rings. The van der Waals surface area contributed by atoms with Crippen molar-refractivity contribution in [1.82, 2.24) is 30.6 Å². The minimum Gasteiger partial charge on any atom is -0.367 e. The maximum atomic E-state index is 16.4. The van der Waals surface area contributed by atoms with Gasteiger partial charge in [-0.15, -0.1) is 12.4 Å². The lowest BCUT2D eigenvalue weighted by Gasteiger charge is -2.36. The molecule has 0 aliphatic carbocycles. The second-order valence-electron chi connectivity index (χ2n) is 15.5. The van der Waals surface area contributed by atoms with Gasteiger partial charge >= 0.3 is 0 Å². The number of aromatic nitrogens is 4. The van der Waals surface area contributed by atoms with Crippen LogP contribution in [0.4, 0.5) is 20.2 Å². The van der Waals surface area contributed by atoms with Crippen molar-refractivity contribution in [1.29, 1.82) is 0 Å². The molecule has 280 valence electrons. The predicted molar refractivity (Wildman–Crippen MR) is 214 cm³/mol. The Morgan fingerprint density at radius 3 is 1.63 bits per heavy atom. The van der Waals surface area contributed by atoms with Crippen molar-refractivity contribution in [3.63, 3.8) is 0 Å². The third kappa shape index (κ3) is 6.42. The molecule has 0 unspecified atom stereocenters. The molecule has 0 bridgehead atoms. The zero-order valence-corrected chi connectivity index (χ0v) is 31.1. The molecule has 0 radical (unpaired) electrons. The fourth-order valence-corrected chi connectivity index (χ4v) is 9.66. The molecule has 2 aromatic heterocycles. The number of benzene rings is 4. The molecule has 4 saturated heterocycles. The largest absolute Gasteiger partial charge is 0.367 e. The Bertz CT molecular complexity index is 2130. The Kier molecular flexibility index (Phi) is 9.53. The highest BCUT2D eigenvalue weighted by atomic mass is 35.5. The zero-order chi connectivity index (χ0) is 35.5. The van der Waals surface area contributed by atoms with Crippen molar-refractivity contribution in [3.05, 3.63) is 119 Å². The smallest absolute Gasteiger partial charge is 0.151 e. The van der Waals surface area contributed by atoms with Gasteiger partial charge in [0.05, 0.1) is 46.2 Å². The molecule has 6 heterocycles. The van der Waals surface area contributed by atoms with Crippen LogP contribution in [0.15, 0.2) is 78.9 Å². The molecule has 6 aromatic rings. The summed E-state index contributed by atoms with van der Waals surface area (Å²) in [5.74, 6) is 1.35. The van der Waals surface area contributed by atoms with Crippen molar-refractivity contribution in [2.75, 3.05) is 36.0 Å². The first kappa shape index (κ1) is 35.2. The number of H-pyrrole nitrogens is 2. The van der Waals surface area contributed by atoms with Crippen LogP contribution in [0.2, 0.25) is 0 Å². The summed E-state index contributed by atoms with van der Waals surface area (Å²) in [6.07, 6.45) is 7.85. The molecule has 11 heteroatoms. The molecule has 0 saturated carbocycles. The number of fused-ring (bicyclic) bond motifs is 2. The number of hydrogen-bond acceptors (Lipinski definition) is 6. The minimum absolute atomic E-state index is 0. The Labute approximate surface area is 320 Å². The van der Waals surface area contributed by atoms with E-state index in [4.69, 9.17) is 9.97 Å². The maximum absolute atomic E-state index is 16.4. The standard InChI is InChI=1S/C43H46F2N8.ClH/c44-31-24-30(25-32(45)41(31)52-20-16-27(17-21-52)26-6-2-1-3-7-26)53-39(28-10-12-33-37(22-28)50-42(48-33)35-8-4-18-46-35)14-15-40(53)29-11-13-34-38(23-29)51-43(49-34)36-9-5-19-47-36;/h1-3,6-7,10-13,22-25,27,35-36,39-40,46-47H,4-5,8-9,14-21H2,(H,48,50)(H,49,51);1H/t35-,36-,39+,40+;/m0./s1. The van der Waals surface area contributed by atoms with Gasteiger partial charge in [-0.1, -0.05) is 42.5 Å². The Hall–Kier alpha value is -4.51. The van der Waals surface area contributed by atoms with E-state index in [2.05, 4.69) is 86.2 Å². The lowest BCUT2D eigenvalue weighted by molar-refractivity contribution is 0.486. The van der Waals surface area contributed by atoms with E-state index in [1.165, 1.54) is 5.56 Å². The van der Waals surface area contributed by atoms with Gasteiger partial charge in [-0.2, -0.15) is 0 Å². The van der Waals surface area contributed by atoms with Crippen LogP contribution in [0.25, 0.3) is 22.1 Å². The second kappa shape index (κ2) is 14.6. The molecule has 0 spiro atoms. The summed E-state index contributed by atoms with van der Waals surface area (Å²) in [7, 11) is 0. The molecule has 4 aromatic carbocycles. The lowest BCUT2D eigenvalue weighted by Crippen LogP contribution is -2.34. The van der Waals surface area contributed by atoms with E-state index in [1.54, 1.807) is 12.1 Å². The van der Waals surface area contributed by atoms with Gasteiger partial charge in [0.25, 0.3) is 0 Å². The van der Waals surface area contributed by atoms with Crippen molar-refractivity contribution < 1.29 is 8.78 Å². The van der Waals surface area contributed by atoms with E-state index in [0.29, 0.717) is 24.7 Å². The van der Waals surface area contributed by atoms with E-state index in [1.807, 2.05) is 11.0 Å². The maximum Gasteiger partial charge on any atom is 0.151 e. The molecule has 54 heavy (non-hydrogen) atoms. The van der Waals surface area contributed by atoms with E-state index < -0.39 is 11.6 Å². The SMILES string of the molecule is Cl.Fc1cc(N2[C@@H](c3ccc4nc([C@@H]5CCCN5)[nH]c4c3)CC[C@@H]2c2ccc3nc([C@@H]4CCCN4)[nH]c3c2)cc(F)c1N1CCC(c2ccccc2)CC1. The van der Waals surface area contributed by atoms with Gasteiger partial charge in [0, 0.05) is 18.8 Å². The normalized spacial score (nSPS) is 23.5. The summed E-state index contributed by atoms with van der Waals surface area (Å²) in [6.45, 7) is 3.25. The number of nitrogens with zero attached hydrogens (tertiary/aromatic N) is 4. The number of halogens is 3. The van der Waals surface area contributed by atoms with Gasteiger partial charge in [-0.05, 0) is 123 Å². The first-order chi connectivity index (χ1) is 26.1. The molecule has 10 rings (SSSR count). The number of imidazole rings is 2. The van der Waals surface area contributed by atoms with Crippen LogP contribution >= 0.6 is 12.4 Å². The Morgan fingerprint density at radius 1 is 0.593 bits per heavy atom. The van der Waals surface area contributed by atoms with Crippen molar-refractivity contribution in [3.8, 4) is 0 Å². The molecule has 4 aliphatic heterocycles. The van der Waals surface area contributed by atoms with Gasteiger partial charge in [-0.3, -0.25) is 0 Å². The molecule has 4 N–H and O–H groups in total. The summed E-state index contributed by atoms with van der Waals surface area (Å²) in [6, 6.07) is 26.8. The predicted octanol–water partition coefficient (Wildman–Crippen LogP) is 9.45. The van der Waals surface area contributed by atoms with E-state index in [0.717, 1.165) is 109 Å². The van der Waals surface area contributed by atoms with Crippen molar-refractivity contribution in [2.24, 2.45) is 0 Å². The van der Waals surface area contributed by atoms with Gasteiger partial charge < -0.3 is 30.4 Å². The topological polar surface area (TPSA) is 87.9 Å². The fourth-order valence-electron chi connectivity index (χ4n) is 9.66. The van der Waals surface area contributed by atoms with E-state index >= 15 is 8.78 Å². The average Bonchev–Trinajstić information content (AvgIpc) is 4.03. The molecule has 0 amide bonds. The number of rotatable bonds is 7. The fraction of sp³-hybridized carbons (Fsp3) is 0.395. The number of hydrogen-bond donors (Lipinski definition) is 4. The Balaban J connectivity index is 0.00000384. The van der Waals surface area contributed by atoms with Crippen LogP contribution in [-0.4, -0.2) is 46.1 Å². The van der Waals surface area contributed by atoms with Crippen LogP contribution in [0.3, 0.4) is 0 Å². The van der Waals surface area contributed by atoms with E-state index in [-0.39, 0.29) is 42.3 Å². The van der Waals surface area contributed by atoms with Crippen LogP contribution in [0.1, 0.15) is 110 Å². The summed E-state index contributed by atoms with van der Waals surface area (Å²) in [4.78, 5) is 21.2. The summed E-state index contributed by atoms with van der Waals surface area (Å²) in [5, 5.41) is 7.09. The van der Waals surface area contributed by atoms with Gasteiger partial charge in [0.2, 0.25) is 0 Å². The monoisotopic (exact) mass is 748 g/mol. The number of piperidine rings is 1. The van der Waals surface area contributed by atoms with Gasteiger partial charge in [0.1, 0.15) is 17.3 Å². The van der Waals surface area contributed by atoms with Crippen molar-refractivity contribution >= 4 is 45.8 Å². The van der Waals surface area contributed by atoms with Crippen LogP contribution in [0.5, 0.6) is 0 Å². The summed E-state index contributed by atoms with van der Waals surface area (Å²) < 4.78 is 32.8.